The summed E-state index contributed by atoms with van der Waals surface area (Å²) in [6.07, 6.45) is 3.20. The monoisotopic (exact) mass is 169 g/mol. The van der Waals surface area contributed by atoms with Crippen molar-refractivity contribution < 1.29 is 9.90 Å². The van der Waals surface area contributed by atoms with Crippen LogP contribution in [-0.4, -0.2) is 15.6 Å². The van der Waals surface area contributed by atoms with Crippen LogP contribution in [0.3, 0.4) is 0 Å². The Morgan fingerprint density at radius 2 is 2.17 bits per heavy atom. The number of carbonyl (C=O) groups is 1. The standard InChI is InChI=1S/C7H11N.C2H4O2/c1-3-7-5-4-6-8(7)2;1-2(3)4/h4-6H,3H2,1-2H3;1H3,(H,3,4). The van der Waals surface area contributed by atoms with Crippen LogP contribution in [0.1, 0.15) is 19.5 Å². The molecule has 0 spiro atoms. The minimum absolute atomic E-state index is 0.833. The number of aliphatic carboxylic acids is 1. The molecule has 0 saturated carbocycles. The topological polar surface area (TPSA) is 42.2 Å². The largest absolute Gasteiger partial charge is 0.481 e. The van der Waals surface area contributed by atoms with Gasteiger partial charge in [-0.2, -0.15) is 0 Å². The molecule has 1 N–H and O–H groups in total. The molecule has 1 rings (SSSR count). The molecule has 0 aliphatic carbocycles. The van der Waals surface area contributed by atoms with E-state index in [-0.39, 0.29) is 0 Å². The molecule has 3 heteroatoms. The van der Waals surface area contributed by atoms with Gasteiger partial charge in [-0.15, -0.1) is 0 Å². The normalized spacial score (nSPS) is 8.58. The first kappa shape index (κ1) is 10.8. The number of aryl methyl sites for hydroxylation is 2. The lowest BCUT2D eigenvalue weighted by Crippen LogP contribution is -1.90. The Morgan fingerprint density at radius 1 is 1.67 bits per heavy atom. The first-order chi connectivity index (χ1) is 5.57. The first-order valence-corrected chi connectivity index (χ1v) is 3.87. The van der Waals surface area contributed by atoms with E-state index < -0.39 is 5.97 Å². The molecule has 0 atom stereocenters. The van der Waals surface area contributed by atoms with Crippen molar-refractivity contribution in [3.8, 4) is 0 Å². The van der Waals surface area contributed by atoms with Crippen LogP contribution in [0, 0.1) is 0 Å². The first-order valence-electron chi connectivity index (χ1n) is 3.87. The zero-order chi connectivity index (χ0) is 9.56. The zero-order valence-corrected chi connectivity index (χ0v) is 7.74. The van der Waals surface area contributed by atoms with E-state index in [1.54, 1.807) is 0 Å². The lowest BCUT2D eigenvalue weighted by molar-refractivity contribution is -0.134. The second kappa shape index (κ2) is 5.41. The molecule has 0 saturated heterocycles. The summed E-state index contributed by atoms with van der Waals surface area (Å²) < 4.78 is 2.14. The molecule has 3 nitrogen and oxygen atoms in total. The van der Waals surface area contributed by atoms with Crippen LogP contribution in [0.25, 0.3) is 0 Å². The van der Waals surface area contributed by atoms with Gasteiger partial charge in [0, 0.05) is 25.9 Å². The maximum atomic E-state index is 9.00. The van der Waals surface area contributed by atoms with Gasteiger partial charge in [-0.25, -0.2) is 0 Å². The minimum atomic E-state index is -0.833. The fourth-order valence-corrected chi connectivity index (χ4v) is 0.864. The van der Waals surface area contributed by atoms with E-state index >= 15 is 0 Å². The number of hydrogen-bond acceptors (Lipinski definition) is 1. The molecule has 0 unspecified atom stereocenters. The van der Waals surface area contributed by atoms with Crippen LogP contribution in [0.15, 0.2) is 18.3 Å². The van der Waals surface area contributed by atoms with Gasteiger partial charge in [-0.1, -0.05) is 6.92 Å². The summed E-state index contributed by atoms with van der Waals surface area (Å²) >= 11 is 0. The number of hydrogen-bond donors (Lipinski definition) is 1. The summed E-state index contributed by atoms with van der Waals surface area (Å²) in [6.45, 7) is 3.25. The molecule has 0 bridgehead atoms. The highest BCUT2D eigenvalue weighted by atomic mass is 16.4. The molecule has 0 aliphatic rings. The third kappa shape index (κ3) is 4.55. The van der Waals surface area contributed by atoms with Gasteiger partial charge in [0.1, 0.15) is 0 Å². The molecule has 68 valence electrons. The highest BCUT2D eigenvalue weighted by Gasteiger charge is 1.88. The second-order valence-electron chi connectivity index (χ2n) is 2.48. The average Bonchev–Trinajstić information content (AvgIpc) is 2.33. The smallest absolute Gasteiger partial charge is 0.300 e. The van der Waals surface area contributed by atoms with Crippen LogP contribution in [-0.2, 0) is 18.3 Å². The van der Waals surface area contributed by atoms with E-state index in [0.717, 1.165) is 13.3 Å². The third-order valence-electron chi connectivity index (χ3n) is 1.41. The van der Waals surface area contributed by atoms with E-state index in [1.807, 2.05) is 0 Å². The highest BCUT2D eigenvalue weighted by Crippen LogP contribution is 1.98. The summed E-state index contributed by atoms with van der Waals surface area (Å²) in [5.41, 5.74) is 1.39. The summed E-state index contributed by atoms with van der Waals surface area (Å²) in [7, 11) is 2.07. The maximum absolute atomic E-state index is 9.00. The predicted octanol–water partition coefficient (Wildman–Crippen LogP) is 1.68. The van der Waals surface area contributed by atoms with Crippen molar-refractivity contribution in [3.63, 3.8) is 0 Å². The van der Waals surface area contributed by atoms with E-state index in [1.165, 1.54) is 5.69 Å². The van der Waals surface area contributed by atoms with Gasteiger partial charge in [0.05, 0.1) is 0 Å². The van der Waals surface area contributed by atoms with Gasteiger partial charge in [-0.05, 0) is 18.6 Å². The van der Waals surface area contributed by atoms with Gasteiger partial charge in [0.15, 0.2) is 0 Å². The fourth-order valence-electron chi connectivity index (χ4n) is 0.864. The van der Waals surface area contributed by atoms with Crippen molar-refractivity contribution in [2.45, 2.75) is 20.3 Å². The molecule has 0 radical (unpaired) electrons. The predicted molar refractivity (Wildman–Crippen MR) is 48.1 cm³/mol. The number of nitrogens with zero attached hydrogens (tertiary/aromatic N) is 1. The SMILES string of the molecule is CC(=O)O.CCc1cccn1C. The lowest BCUT2D eigenvalue weighted by atomic mass is 10.3. The van der Waals surface area contributed by atoms with Gasteiger partial charge < -0.3 is 9.67 Å². The Morgan fingerprint density at radius 3 is 2.33 bits per heavy atom. The molecule has 12 heavy (non-hydrogen) atoms. The average molecular weight is 169 g/mol. The van der Waals surface area contributed by atoms with Gasteiger partial charge >= 0.3 is 0 Å². The van der Waals surface area contributed by atoms with Crippen LogP contribution >= 0.6 is 0 Å². The van der Waals surface area contributed by atoms with Crippen molar-refractivity contribution in [2.24, 2.45) is 7.05 Å². The number of carboxylic acids is 1. The highest BCUT2D eigenvalue weighted by molar-refractivity contribution is 5.62. The summed E-state index contributed by atoms with van der Waals surface area (Å²) in [5.74, 6) is -0.833. The Bertz CT molecular complexity index is 236. The summed E-state index contributed by atoms with van der Waals surface area (Å²) in [5, 5.41) is 7.42. The van der Waals surface area contributed by atoms with Crippen molar-refractivity contribution in [1.29, 1.82) is 0 Å². The Hall–Kier alpha value is -1.25. The molecular weight excluding hydrogens is 154 g/mol. The van der Waals surface area contributed by atoms with Crippen molar-refractivity contribution in [2.75, 3.05) is 0 Å². The third-order valence-corrected chi connectivity index (χ3v) is 1.41. The van der Waals surface area contributed by atoms with Gasteiger partial charge in [0.25, 0.3) is 5.97 Å². The fraction of sp³-hybridized carbons (Fsp3) is 0.444. The molecule has 1 heterocycles. The Balaban J connectivity index is 0.000000261. The van der Waals surface area contributed by atoms with Crippen LogP contribution in [0.5, 0.6) is 0 Å². The zero-order valence-electron chi connectivity index (χ0n) is 7.74. The minimum Gasteiger partial charge on any atom is -0.481 e. The Kier molecular flexibility index (Phi) is 4.84. The van der Waals surface area contributed by atoms with Gasteiger partial charge in [0.2, 0.25) is 0 Å². The van der Waals surface area contributed by atoms with E-state index in [9.17, 15) is 0 Å². The molecule has 0 aromatic carbocycles. The Labute approximate surface area is 72.6 Å². The molecular formula is C9H15NO2. The van der Waals surface area contributed by atoms with E-state index in [0.29, 0.717) is 0 Å². The van der Waals surface area contributed by atoms with Crippen LogP contribution in [0.2, 0.25) is 0 Å². The molecule has 0 fully saturated rings. The van der Waals surface area contributed by atoms with Crippen molar-refractivity contribution in [1.82, 2.24) is 4.57 Å². The van der Waals surface area contributed by atoms with Crippen LogP contribution < -0.4 is 0 Å². The second-order valence-corrected chi connectivity index (χ2v) is 2.48. The molecule has 0 amide bonds. The number of carboxylic acid groups (broad SMARTS) is 1. The molecule has 0 aliphatic heterocycles. The van der Waals surface area contributed by atoms with E-state index in [4.69, 9.17) is 9.90 Å². The summed E-state index contributed by atoms with van der Waals surface area (Å²) in [6, 6.07) is 4.21. The number of rotatable bonds is 1. The molecule has 1 aromatic heterocycles. The molecule has 1 aromatic rings. The quantitative estimate of drug-likeness (QED) is 0.695. The number of aromatic nitrogens is 1. The van der Waals surface area contributed by atoms with Crippen molar-refractivity contribution in [3.05, 3.63) is 24.0 Å². The van der Waals surface area contributed by atoms with Crippen LogP contribution in [0.4, 0.5) is 0 Å². The van der Waals surface area contributed by atoms with Crippen molar-refractivity contribution >= 4 is 5.97 Å². The van der Waals surface area contributed by atoms with Gasteiger partial charge in [-0.3, -0.25) is 4.79 Å². The maximum Gasteiger partial charge on any atom is 0.300 e. The summed E-state index contributed by atoms with van der Waals surface area (Å²) in [4.78, 5) is 9.00. The lowest BCUT2D eigenvalue weighted by Gasteiger charge is -1.95. The van der Waals surface area contributed by atoms with E-state index in [2.05, 4.69) is 36.9 Å².